The summed E-state index contributed by atoms with van der Waals surface area (Å²) in [5.41, 5.74) is 3.11. The van der Waals surface area contributed by atoms with Crippen LogP contribution in [0.25, 0.3) is 0 Å². The van der Waals surface area contributed by atoms with Crippen molar-refractivity contribution in [1.82, 2.24) is 0 Å². The zero-order chi connectivity index (χ0) is 16.2. The van der Waals surface area contributed by atoms with Crippen LogP contribution in [-0.4, -0.2) is 17.6 Å². The molecule has 0 bridgehead atoms. The maximum absolute atomic E-state index is 11.3. The average Bonchev–Trinajstić information content (AvgIpc) is 2.59. The number of anilines is 1. The van der Waals surface area contributed by atoms with Crippen molar-refractivity contribution in [2.45, 2.75) is 18.9 Å². The van der Waals surface area contributed by atoms with E-state index in [1.165, 1.54) is 0 Å². The van der Waals surface area contributed by atoms with Crippen molar-refractivity contribution in [3.8, 4) is 11.8 Å². The number of rotatable bonds is 4. The van der Waals surface area contributed by atoms with Crippen LogP contribution in [0.3, 0.4) is 0 Å². The van der Waals surface area contributed by atoms with Crippen LogP contribution in [-0.2, 0) is 11.2 Å². The molecule has 5 heteroatoms. The van der Waals surface area contributed by atoms with E-state index < -0.39 is 6.10 Å². The Kier molecular flexibility index (Phi) is 4.26. The van der Waals surface area contributed by atoms with Crippen molar-refractivity contribution in [2.24, 2.45) is 0 Å². The number of ether oxygens (including phenoxy) is 1. The Labute approximate surface area is 134 Å². The molecule has 2 aromatic carbocycles. The first-order valence-corrected chi connectivity index (χ1v) is 7.39. The molecule has 1 unspecified atom stereocenters. The van der Waals surface area contributed by atoms with Gasteiger partial charge in [0.25, 0.3) is 0 Å². The monoisotopic (exact) mass is 308 g/mol. The summed E-state index contributed by atoms with van der Waals surface area (Å²) in [6, 6.07) is 14.3. The van der Waals surface area contributed by atoms with Crippen molar-refractivity contribution in [2.75, 3.05) is 11.9 Å². The maximum Gasteiger partial charge on any atom is 0.224 e. The number of hydrogen-bond donors (Lipinski definition) is 2. The fourth-order valence-electron chi connectivity index (χ4n) is 2.50. The van der Waals surface area contributed by atoms with Gasteiger partial charge in [0, 0.05) is 12.1 Å². The first-order chi connectivity index (χ1) is 11.2. The van der Waals surface area contributed by atoms with Crippen LogP contribution >= 0.6 is 0 Å². The zero-order valence-corrected chi connectivity index (χ0v) is 12.5. The summed E-state index contributed by atoms with van der Waals surface area (Å²) in [5, 5.41) is 21.7. The summed E-state index contributed by atoms with van der Waals surface area (Å²) < 4.78 is 5.64. The number of amides is 1. The van der Waals surface area contributed by atoms with Crippen LogP contribution in [0.2, 0.25) is 0 Å². The minimum Gasteiger partial charge on any atom is -0.491 e. The minimum absolute atomic E-state index is 0.0300. The molecule has 2 N–H and O–H groups in total. The van der Waals surface area contributed by atoms with E-state index in [1.807, 2.05) is 18.2 Å². The van der Waals surface area contributed by atoms with Gasteiger partial charge in [-0.05, 0) is 47.9 Å². The van der Waals surface area contributed by atoms with E-state index in [2.05, 4.69) is 5.32 Å². The second-order valence-electron chi connectivity index (χ2n) is 5.43. The van der Waals surface area contributed by atoms with Crippen molar-refractivity contribution >= 4 is 11.6 Å². The molecule has 1 aliphatic rings. The van der Waals surface area contributed by atoms with Gasteiger partial charge in [0.1, 0.15) is 18.5 Å². The maximum atomic E-state index is 11.3. The van der Waals surface area contributed by atoms with Gasteiger partial charge in [-0.1, -0.05) is 12.1 Å². The number of carbonyl (C=O) groups is 1. The van der Waals surface area contributed by atoms with Crippen molar-refractivity contribution in [1.29, 1.82) is 5.26 Å². The molecule has 2 aromatic rings. The Morgan fingerprint density at radius 2 is 2.00 bits per heavy atom. The molecule has 1 amide bonds. The Bertz CT molecular complexity index is 763. The number of nitriles is 1. The van der Waals surface area contributed by atoms with E-state index in [4.69, 9.17) is 10.00 Å². The Hall–Kier alpha value is -2.84. The SMILES string of the molecule is N#Cc1ccc(C(O)COc2ccc3c(c2)CCC(=O)N3)cc1. The highest BCUT2D eigenvalue weighted by Crippen LogP contribution is 2.27. The lowest BCUT2D eigenvalue weighted by Gasteiger charge is -2.18. The molecule has 0 aliphatic carbocycles. The fraction of sp³-hybridized carbons (Fsp3) is 0.222. The van der Waals surface area contributed by atoms with Gasteiger partial charge in [0.15, 0.2) is 0 Å². The van der Waals surface area contributed by atoms with Gasteiger partial charge in [-0.2, -0.15) is 5.26 Å². The van der Waals surface area contributed by atoms with E-state index in [-0.39, 0.29) is 12.5 Å². The number of benzene rings is 2. The molecule has 0 saturated carbocycles. The first-order valence-electron chi connectivity index (χ1n) is 7.39. The molecule has 0 aromatic heterocycles. The van der Waals surface area contributed by atoms with E-state index >= 15 is 0 Å². The predicted molar refractivity (Wildman–Crippen MR) is 85.0 cm³/mol. The van der Waals surface area contributed by atoms with Crippen LogP contribution in [0.4, 0.5) is 5.69 Å². The third-order valence-electron chi connectivity index (χ3n) is 3.80. The molecule has 0 saturated heterocycles. The lowest BCUT2D eigenvalue weighted by Crippen LogP contribution is -2.19. The quantitative estimate of drug-likeness (QED) is 0.909. The molecule has 116 valence electrons. The number of nitrogens with one attached hydrogen (secondary N) is 1. The van der Waals surface area contributed by atoms with E-state index in [9.17, 15) is 9.90 Å². The number of fused-ring (bicyclic) bond motifs is 1. The number of hydrogen-bond acceptors (Lipinski definition) is 4. The Morgan fingerprint density at radius 1 is 1.22 bits per heavy atom. The lowest BCUT2D eigenvalue weighted by molar-refractivity contribution is -0.116. The van der Waals surface area contributed by atoms with Crippen LogP contribution in [0, 0.1) is 11.3 Å². The van der Waals surface area contributed by atoms with Gasteiger partial charge < -0.3 is 15.2 Å². The molecule has 1 atom stereocenters. The molecule has 3 rings (SSSR count). The van der Waals surface area contributed by atoms with E-state index in [1.54, 1.807) is 30.3 Å². The van der Waals surface area contributed by atoms with Crippen LogP contribution in [0.5, 0.6) is 5.75 Å². The number of aryl methyl sites for hydroxylation is 1. The van der Waals surface area contributed by atoms with Crippen LogP contribution in [0.1, 0.15) is 29.2 Å². The second kappa shape index (κ2) is 6.51. The minimum atomic E-state index is -0.765. The number of nitrogens with zero attached hydrogens (tertiary/aromatic N) is 1. The highest BCUT2D eigenvalue weighted by Gasteiger charge is 2.15. The molecule has 1 heterocycles. The molecule has 0 fully saturated rings. The summed E-state index contributed by atoms with van der Waals surface area (Å²) in [4.78, 5) is 11.3. The molecule has 1 aliphatic heterocycles. The van der Waals surface area contributed by atoms with Crippen LogP contribution in [0.15, 0.2) is 42.5 Å². The molecule has 0 radical (unpaired) electrons. The van der Waals surface area contributed by atoms with Gasteiger partial charge >= 0.3 is 0 Å². The van der Waals surface area contributed by atoms with Gasteiger partial charge in [0.2, 0.25) is 5.91 Å². The lowest BCUT2D eigenvalue weighted by atomic mass is 10.0. The standard InChI is InChI=1S/C18H16N2O3/c19-10-12-1-3-13(4-2-12)17(21)11-23-15-6-7-16-14(9-15)5-8-18(22)20-16/h1-4,6-7,9,17,21H,5,8,11H2,(H,20,22). The van der Waals surface area contributed by atoms with Gasteiger partial charge in [0.05, 0.1) is 11.6 Å². The van der Waals surface area contributed by atoms with E-state index in [0.717, 1.165) is 11.3 Å². The van der Waals surface area contributed by atoms with Crippen LogP contribution < -0.4 is 10.1 Å². The third-order valence-corrected chi connectivity index (χ3v) is 3.80. The topological polar surface area (TPSA) is 82.3 Å². The van der Waals surface area contributed by atoms with E-state index in [0.29, 0.717) is 29.7 Å². The smallest absolute Gasteiger partial charge is 0.224 e. The van der Waals surface area contributed by atoms with Crippen molar-refractivity contribution in [3.05, 3.63) is 59.2 Å². The average molecular weight is 308 g/mol. The zero-order valence-electron chi connectivity index (χ0n) is 12.5. The summed E-state index contributed by atoms with van der Waals surface area (Å²) in [6.45, 7) is 0.122. The summed E-state index contributed by atoms with van der Waals surface area (Å²) in [6.07, 6.45) is 0.402. The molecule has 5 nitrogen and oxygen atoms in total. The Morgan fingerprint density at radius 3 is 2.74 bits per heavy atom. The van der Waals surface area contributed by atoms with Gasteiger partial charge in [-0.25, -0.2) is 0 Å². The predicted octanol–water partition coefficient (Wildman–Crippen LogP) is 2.56. The van der Waals surface area contributed by atoms with Gasteiger partial charge in [-0.3, -0.25) is 4.79 Å². The molecule has 23 heavy (non-hydrogen) atoms. The highest BCUT2D eigenvalue weighted by atomic mass is 16.5. The number of aliphatic hydroxyl groups excluding tert-OH is 1. The summed E-state index contributed by atoms with van der Waals surface area (Å²) in [7, 11) is 0. The summed E-state index contributed by atoms with van der Waals surface area (Å²) >= 11 is 0. The largest absolute Gasteiger partial charge is 0.491 e. The highest BCUT2D eigenvalue weighted by molar-refractivity contribution is 5.93. The summed E-state index contributed by atoms with van der Waals surface area (Å²) in [5.74, 6) is 0.690. The third kappa shape index (κ3) is 3.50. The molecular weight excluding hydrogens is 292 g/mol. The molecular formula is C18H16N2O3. The second-order valence-corrected chi connectivity index (χ2v) is 5.43. The molecule has 0 spiro atoms. The van der Waals surface area contributed by atoms with Crippen molar-refractivity contribution in [3.63, 3.8) is 0 Å². The number of aliphatic hydroxyl groups is 1. The number of carbonyl (C=O) groups excluding carboxylic acids is 1. The normalized spacial score (nSPS) is 14.3. The van der Waals surface area contributed by atoms with Crippen molar-refractivity contribution < 1.29 is 14.6 Å². The van der Waals surface area contributed by atoms with Gasteiger partial charge in [-0.15, -0.1) is 0 Å². The Balaban J connectivity index is 1.63. The fourth-order valence-corrected chi connectivity index (χ4v) is 2.50. The first kappa shape index (κ1) is 15.1.